The summed E-state index contributed by atoms with van der Waals surface area (Å²) in [6, 6.07) is 0. The first kappa shape index (κ1) is 9.88. The van der Waals surface area contributed by atoms with Gasteiger partial charge in [-0.2, -0.15) is 0 Å². The van der Waals surface area contributed by atoms with E-state index in [-0.39, 0.29) is 12.7 Å². The van der Waals surface area contributed by atoms with Crippen molar-refractivity contribution in [1.29, 1.82) is 0 Å². The zero-order valence-corrected chi connectivity index (χ0v) is 6.75. The third-order valence-electron chi connectivity index (χ3n) is 1.48. The van der Waals surface area contributed by atoms with Crippen LogP contribution in [-0.4, -0.2) is 48.0 Å². The minimum Gasteiger partial charge on any atom is -0.395 e. The van der Waals surface area contributed by atoms with Gasteiger partial charge in [-0.25, -0.2) is 0 Å². The fourth-order valence-electron chi connectivity index (χ4n) is 0.751. The van der Waals surface area contributed by atoms with Gasteiger partial charge >= 0.3 is 0 Å². The molecule has 0 aliphatic rings. The average molecular weight is 147 g/mol. The molecule has 62 valence electrons. The Morgan fingerprint density at radius 2 is 2.10 bits per heavy atom. The molecule has 0 aliphatic heterocycles. The van der Waals surface area contributed by atoms with E-state index >= 15 is 0 Å². The van der Waals surface area contributed by atoms with Crippen molar-refractivity contribution in [2.24, 2.45) is 0 Å². The van der Waals surface area contributed by atoms with Gasteiger partial charge in [-0.3, -0.25) is 0 Å². The van der Waals surface area contributed by atoms with Crippen LogP contribution in [0.4, 0.5) is 0 Å². The highest BCUT2D eigenvalue weighted by molar-refractivity contribution is 4.57. The molecule has 2 N–H and O–H groups in total. The van der Waals surface area contributed by atoms with Crippen molar-refractivity contribution in [1.82, 2.24) is 4.90 Å². The molecule has 0 saturated carbocycles. The summed E-state index contributed by atoms with van der Waals surface area (Å²) < 4.78 is 0. The molecule has 1 atom stereocenters. The summed E-state index contributed by atoms with van der Waals surface area (Å²) in [5.74, 6) is 0. The predicted octanol–water partition coefficient (Wildman–Crippen LogP) is -0.319. The first-order valence-electron chi connectivity index (χ1n) is 3.68. The number of nitrogens with zero attached hydrogens (tertiary/aromatic N) is 1. The van der Waals surface area contributed by atoms with Gasteiger partial charge in [-0.05, 0) is 13.5 Å². The van der Waals surface area contributed by atoms with Gasteiger partial charge in [0, 0.05) is 13.1 Å². The second-order valence-corrected chi connectivity index (χ2v) is 2.55. The summed E-state index contributed by atoms with van der Waals surface area (Å²) in [5.41, 5.74) is 0. The van der Waals surface area contributed by atoms with Crippen LogP contribution in [0.15, 0.2) is 0 Å². The molecule has 0 rings (SSSR count). The lowest BCUT2D eigenvalue weighted by Gasteiger charge is -2.17. The van der Waals surface area contributed by atoms with E-state index in [4.69, 9.17) is 10.2 Å². The zero-order valence-electron chi connectivity index (χ0n) is 6.75. The maximum absolute atomic E-state index is 9.13. The maximum Gasteiger partial charge on any atom is 0.0664 e. The molecule has 0 aromatic carbocycles. The summed E-state index contributed by atoms with van der Waals surface area (Å²) in [6.45, 7) is 3.39. The summed E-state index contributed by atoms with van der Waals surface area (Å²) >= 11 is 0. The van der Waals surface area contributed by atoms with Crippen LogP contribution in [0, 0.1) is 0 Å². The number of rotatable bonds is 5. The second-order valence-electron chi connectivity index (χ2n) is 2.55. The van der Waals surface area contributed by atoms with E-state index in [2.05, 4.69) is 0 Å². The molecule has 0 amide bonds. The number of likely N-dealkylation sites (N-methyl/N-ethyl adjacent to an activating group) is 1. The lowest BCUT2D eigenvalue weighted by molar-refractivity contribution is 0.111. The first-order valence-corrected chi connectivity index (χ1v) is 3.68. The highest BCUT2D eigenvalue weighted by Crippen LogP contribution is 1.92. The molecular weight excluding hydrogens is 130 g/mol. The Kier molecular flexibility index (Phi) is 5.58. The summed E-state index contributed by atoms with van der Waals surface area (Å²) in [5, 5.41) is 17.6. The molecule has 0 fully saturated rings. The van der Waals surface area contributed by atoms with E-state index in [1.807, 2.05) is 18.9 Å². The second kappa shape index (κ2) is 5.65. The van der Waals surface area contributed by atoms with E-state index in [9.17, 15) is 0 Å². The minimum absolute atomic E-state index is 0.160. The van der Waals surface area contributed by atoms with Crippen molar-refractivity contribution in [3.63, 3.8) is 0 Å². The molecule has 0 saturated heterocycles. The molecule has 0 bridgehead atoms. The van der Waals surface area contributed by atoms with Crippen molar-refractivity contribution in [3.8, 4) is 0 Å². The zero-order chi connectivity index (χ0) is 7.98. The third kappa shape index (κ3) is 4.73. The standard InChI is InChI=1S/C7H17NO2/c1-3-7(10)6-8(2)4-5-9/h7,9-10H,3-6H2,1-2H3. The molecule has 10 heavy (non-hydrogen) atoms. The number of hydrogen-bond donors (Lipinski definition) is 2. The van der Waals surface area contributed by atoms with Crippen LogP contribution >= 0.6 is 0 Å². The van der Waals surface area contributed by atoms with Crippen LogP contribution in [-0.2, 0) is 0 Å². The van der Waals surface area contributed by atoms with Crippen molar-refractivity contribution in [2.45, 2.75) is 19.4 Å². The van der Waals surface area contributed by atoms with Gasteiger partial charge in [0.2, 0.25) is 0 Å². The normalized spacial score (nSPS) is 14.1. The predicted molar refractivity (Wildman–Crippen MR) is 40.9 cm³/mol. The van der Waals surface area contributed by atoms with E-state index in [0.29, 0.717) is 13.1 Å². The van der Waals surface area contributed by atoms with Crippen molar-refractivity contribution in [2.75, 3.05) is 26.7 Å². The lowest BCUT2D eigenvalue weighted by Crippen LogP contribution is -2.30. The van der Waals surface area contributed by atoms with E-state index in [0.717, 1.165) is 6.42 Å². The average Bonchev–Trinajstić information content (AvgIpc) is 1.88. The fraction of sp³-hybridized carbons (Fsp3) is 1.00. The van der Waals surface area contributed by atoms with Crippen molar-refractivity contribution in [3.05, 3.63) is 0 Å². The van der Waals surface area contributed by atoms with E-state index in [1.54, 1.807) is 0 Å². The molecule has 3 nitrogen and oxygen atoms in total. The van der Waals surface area contributed by atoms with Gasteiger partial charge in [-0.15, -0.1) is 0 Å². The van der Waals surface area contributed by atoms with Crippen molar-refractivity contribution < 1.29 is 10.2 Å². The SMILES string of the molecule is CCC(O)CN(C)CCO. The smallest absolute Gasteiger partial charge is 0.0664 e. The Morgan fingerprint density at radius 1 is 1.50 bits per heavy atom. The van der Waals surface area contributed by atoms with Gasteiger partial charge in [0.05, 0.1) is 12.7 Å². The Morgan fingerprint density at radius 3 is 2.50 bits per heavy atom. The highest BCUT2D eigenvalue weighted by atomic mass is 16.3. The van der Waals surface area contributed by atoms with Crippen molar-refractivity contribution >= 4 is 0 Å². The summed E-state index contributed by atoms with van der Waals surface area (Å²) in [6.07, 6.45) is 0.520. The fourth-order valence-corrected chi connectivity index (χ4v) is 0.751. The van der Waals surface area contributed by atoms with Gasteiger partial charge in [0.25, 0.3) is 0 Å². The van der Waals surface area contributed by atoms with Crippen LogP contribution < -0.4 is 0 Å². The van der Waals surface area contributed by atoms with Crippen LogP contribution in [0.1, 0.15) is 13.3 Å². The molecule has 0 aromatic rings. The highest BCUT2D eigenvalue weighted by Gasteiger charge is 2.03. The van der Waals surface area contributed by atoms with E-state index < -0.39 is 0 Å². The Bertz CT molecular complexity index is 78.0. The quantitative estimate of drug-likeness (QED) is 0.560. The lowest BCUT2D eigenvalue weighted by atomic mass is 10.2. The first-order chi connectivity index (χ1) is 4.70. The monoisotopic (exact) mass is 147 g/mol. The molecule has 0 spiro atoms. The van der Waals surface area contributed by atoms with Gasteiger partial charge in [0.15, 0.2) is 0 Å². The third-order valence-corrected chi connectivity index (χ3v) is 1.48. The number of aliphatic hydroxyl groups is 2. The topological polar surface area (TPSA) is 43.7 Å². The molecule has 1 unspecified atom stereocenters. The van der Waals surface area contributed by atoms with Crippen LogP contribution in [0.2, 0.25) is 0 Å². The Labute approximate surface area is 62.3 Å². The molecular formula is C7H17NO2. The number of aliphatic hydroxyl groups excluding tert-OH is 2. The van der Waals surface area contributed by atoms with Crippen LogP contribution in [0.5, 0.6) is 0 Å². The van der Waals surface area contributed by atoms with Gasteiger partial charge in [-0.1, -0.05) is 6.92 Å². The molecule has 3 heteroatoms. The van der Waals surface area contributed by atoms with Gasteiger partial charge in [0.1, 0.15) is 0 Å². The minimum atomic E-state index is -0.253. The van der Waals surface area contributed by atoms with Crippen LogP contribution in [0.3, 0.4) is 0 Å². The number of hydrogen-bond acceptors (Lipinski definition) is 3. The molecule has 0 radical (unpaired) electrons. The van der Waals surface area contributed by atoms with Crippen LogP contribution in [0.25, 0.3) is 0 Å². The maximum atomic E-state index is 9.13. The molecule has 0 aromatic heterocycles. The summed E-state index contributed by atoms with van der Waals surface area (Å²) in [4.78, 5) is 1.91. The molecule has 0 heterocycles. The molecule has 0 aliphatic carbocycles. The van der Waals surface area contributed by atoms with Gasteiger partial charge < -0.3 is 15.1 Å². The van der Waals surface area contributed by atoms with E-state index in [1.165, 1.54) is 0 Å². The largest absolute Gasteiger partial charge is 0.395 e. The Hall–Kier alpha value is -0.120. The Balaban J connectivity index is 3.27. The summed E-state index contributed by atoms with van der Waals surface area (Å²) in [7, 11) is 1.88.